The summed E-state index contributed by atoms with van der Waals surface area (Å²) in [6, 6.07) is 5.20. The molecule has 0 saturated carbocycles. The minimum Gasteiger partial charge on any atom is -0.479 e. The third-order valence-corrected chi connectivity index (χ3v) is 4.12. The molecule has 1 aromatic carbocycles. The van der Waals surface area contributed by atoms with E-state index in [9.17, 15) is 9.59 Å². The molecule has 2 aromatic rings. The third kappa shape index (κ3) is 2.58. The van der Waals surface area contributed by atoms with Crippen molar-refractivity contribution >= 4 is 16.9 Å². The summed E-state index contributed by atoms with van der Waals surface area (Å²) in [6.07, 6.45) is 3.19. The van der Waals surface area contributed by atoms with Gasteiger partial charge in [0.1, 0.15) is 11.3 Å². The summed E-state index contributed by atoms with van der Waals surface area (Å²) in [5.41, 5.74) is 2.02. The first-order valence-corrected chi connectivity index (χ1v) is 7.58. The number of aryl methyl sites for hydroxylation is 1. The normalized spacial score (nSPS) is 15.3. The fourth-order valence-electron chi connectivity index (χ4n) is 2.97. The summed E-state index contributed by atoms with van der Waals surface area (Å²) in [6.45, 7) is 1.75. The number of carboxylic acid groups (broad SMARTS) is 1. The Morgan fingerprint density at radius 1 is 1.32 bits per heavy atom. The van der Waals surface area contributed by atoms with E-state index in [1.807, 2.05) is 6.07 Å². The summed E-state index contributed by atoms with van der Waals surface area (Å²) >= 11 is 0. The Morgan fingerprint density at radius 3 is 2.73 bits per heavy atom. The van der Waals surface area contributed by atoms with E-state index >= 15 is 0 Å². The second-order valence-electron chi connectivity index (χ2n) is 5.56. The molecular weight excluding hydrogens is 284 g/mol. The lowest BCUT2D eigenvalue weighted by Gasteiger charge is -2.17. The maximum atomic E-state index is 12.1. The second kappa shape index (κ2) is 5.83. The number of aliphatic carboxylic acids is 1. The standard InChI is InChI=1S/C17H18O5/c1-2-14(16(18)19)21-10-7-8-12-11-5-3-4-6-13(11)17(20)22-15(12)9-10/h7-9,14H,2-6H2,1H3,(H,18,19)/t14-/m0/s1. The quantitative estimate of drug-likeness (QED) is 0.879. The van der Waals surface area contributed by atoms with Crippen LogP contribution in [0.25, 0.3) is 11.0 Å². The highest BCUT2D eigenvalue weighted by Crippen LogP contribution is 2.29. The van der Waals surface area contributed by atoms with Gasteiger partial charge in [-0.1, -0.05) is 6.92 Å². The number of fused-ring (bicyclic) bond motifs is 3. The van der Waals surface area contributed by atoms with Crippen LogP contribution in [-0.2, 0) is 17.6 Å². The van der Waals surface area contributed by atoms with Crippen molar-refractivity contribution in [2.45, 2.75) is 45.1 Å². The number of carboxylic acids is 1. The fraction of sp³-hybridized carbons (Fsp3) is 0.412. The molecule has 0 aliphatic heterocycles. The van der Waals surface area contributed by atoms with E-state index in [-0.39, 0.29) is 5.63 Å². The Morgan fingerprint density at radius 2 is 2.05 bits per heavy atom. The van der Waals surface area contributed by atoms with Crippen LogP contribution in [0.3, 0.4) is 0 Å². The largest absolute Gasteiger partial charge is 0.479 e. The monoisotopic (exact) mass is 302 g/mol. The number of rotatable bonds is 4. The fourth-order valence-corrected chi connectivity index (χ4v) is 2.97. The van der Waals surface area contributed by atoms with Gasteiger partial charge in [0.2, 0.25) is 0 Å². The molecule has 0 fully saturated rings. The van der Waals surface area contributed by atoms with Gasteiger partial charge in [-0.2, -0.15) is 0 Å². The van der Waals surface area contributed by atoms with Crippen molar-refractivity contribution in [3.05, 3.63) is 39.7 Å². The molecule has 5 heteroatoms. The number of ether oxygens (including phenoxy) is 1. The lowest BCUT2D eigenvalue weighted by molar-refractivity contribution is -0.145. The Bertz CT molecular complexity index is 774. The molecule has 0 spiro atoms. The summed E-state index contributed by atoms with van der Waals surface area (Å²) < 4.78 is 10.8. The van der Waals surface area contributed by atoms with E-state index in [2.05, 4.69) is 0 Å². The third-order valence-electron chi connectivity index (χ3n) is 4.12. The lowest BCUT2D eigenvalue weighted by Crippen LogP contribution is -2.25. The summed E-state index contributed by atoms with van der Waals surface area (Å²) in [4.78, 5) is 23.1. The number of hydrogen-bond donors (Lipinski definition) is 1. The lowest BCUT2D eigenvalue weighted by atomic mass is 9.91. The van der Waals surface area contributed by atoms with Crippen LogP contribution < -0.4 is 10.4 Å². The van der Waals surface area contributed by atoms with Crippen LogP contribution in [0.5, 0.6) is 5.75 Å². The second-order valence-corrected chi connectivity index (χ2v) is 5.56. The average Bonchev–Trinajstić information content (AvgIpc) is 2.52. The molecule has 0 amide bonds. The molecule has 22 heavy (non-hydrogen) atoms. The molecule has 5 nitrogen and oxygen atoms in total. The summed E-state index contributed by atoms with van der Waals surface area (Å²) in [7, 11) is 0. The molecule has 1 heterocycles. The Labute approximate surface area is 127 Å². The topological polar surface area (TPSA) is 76.7 Å². The molecule has 0 unspecified atom stereocenters. The molecule has 116 valence electrons. The van der Waals surface area contributed by atoms with Gasteiger partial charge in [0.15, 0.2) is 6.10 Å². The van der Waals surface area contributed by atoms with Gasteiger partial charge < -0.3 is 14.3 Å². The molecule has 1 aromatic heterocycles. The van der Waals surface area contributed by atoms with Gasteiger partial charge in [0, 0.05) is 17.0 Å². The minimum atomic E-state index is -1.01. The van der Waals surface area contributed by atoms with E-state index in [0.29, 0.717) is 17.8 Å². The van der Waals surface area contributed by atoms with Gasteiger partial charge in [0.05, 0.1) is 0 Å². The minimum absolute atomic E-state index is 0.287. The molecule has 1 atom stereocenters. The van der Waals surface area contributed by atoms with Gasteiger partial charge >= 0.3 is 11.6 Å². The molecule has 0 saturated heterocycles. The van der Waals surface area contributed by atoms with Crippen LogP contribution in [0, 0.1) is 0 Å². The highest BCUT2D eigenvalue weighted by molar-refractivity contribution is 5.83. The van der Waals surface area contributed by atoms with Crippen molar-refractivity contribution in [2.24, 2.45) is 0 Å². The first-order valence-electron chi connectivity index (χ1n) is 7.58. The predicted octanol–water partition coefficient (Wildman–Crippen LogP) is 2.91. The van der Waals surface area contributed by atoms with Crippen molar-refractivity contribution in [1.29, 1.82) is 0 Å². The first-order chi connectivity index (χ1) is 10.6. The van der Waals surface area contributed by atoms with E-state index in [1.54, 1.807) is 19.1 Å². The first kappa shape index (κ1) is 14.6. The average molecular weight is 302 g/mol. The highest BCUT2D eigenvalue weighted by atomic mass is 16.5. The van der Waals surface area contributed by atoms with Gasteiger partial charge in [-0.25, -0.2) is 9.59 Å². The van der Waals surface area contributed by atoms with Crippen LogP contribution in [-0.4, -0.2) is 17.2 Å². The van der Waals surface area contributed by atoms with Gasteiger partial charge in [0.25, 0.3) is 0 Å². The van der Waals surface area contributed by atoms with Crippen molar-refractivity contribution < 1.29 is 19.1 Å². The highest BCUT2D eigenvalue weighted by Gasteiger charge is 2.20. The summed E-state index contributed by atoms with van der Waals surface area (Å²) in [5, 5.41) is 9.97. The van der Waals surface area contributed by atoms with E-state index in [4.69, 9.17) is 14.3 Å². The maximum absolute atomic E-state index is 12.1. The van der Waals surface area contributed by atoms with Crippen LogP contribution >= 0.6 is 0 Å². The number of carbonyl (C=O) groups is 1. The van der Waals surface area contributed by atoms with Crippen LogP contribution in [0.15, 0.2) is 27.4 Å². The zero-order valence-corrected chi connectivity index (χ0v) is 12.4. The van der Waals surface area contributed by atoms with Gasteiger partial charge in [-0.05, 0) is 49.8 Å². The van der Waals surface area contributed by atoms with Crippen molar-refractivity contribution in [3.63, 3.8) is 0 Å². The van der Waals surface area contributed by atoms with E-state index in [0.717, 1.165) is 42.2 Å². The Kier molecular flexibility index (Phi) is 3.88. The van der Waals surface area contributed by atoms with Gasteiger partial charge in [-0.3, -0.25) is 0 Å². The number of hydrogen-bond acceptors (Lipinski definition) is 4. The van der Waals surface area contributed by atoms with Crippen molar-refractivity contribution in [3.8, 4) is 5.75 Å². The molecule has 1 aliphatic carbocycles. The Hall–Kier alpha value is -2.30. The van der Waals surface area contributed by atoms with Crippen LogP contribution in [0.2, 0.25) is 0 Å². The molecule has 0 bridgehead atoms. The predicted molar refractivity (Wildman–Crippen MR) is 81.5 cm³/mol. The van der Waals surface area contributed by atoms with E-state index < -0.39 is 12.1 Å². The zero-order valence-electron chi connectivity index (χ0n) is 12.4. The SMILES string of the molecule is CC[C@H](Oc1ccc2c3c(c(=O)oc2c1)CCCC3)C(=O)O. The molecular formula is C17H18O5. The van der Waals surface area contributed by atoms with Crippen molar-refractivity contribution in [2.75, 3.05) is 0 Å². The molecule has 3 rings (SSSR count). The molecule has 1 aliphatic rings. The van der Waals surface area contributed by atoms with Gasteiger partial charge in [-0.15, -0.1) is 0 Å². The molecule has 1 N–H and O–H groups in total. The molecule has 0 radical (unpaired) electrons. The number of benzene rings is 1. The summed E-state index contributed by atoms with van der Waals surface area (Å²) in [5.74, 6) is -0.602. The maximum Gasteiger partial charge on any atom is 0.344 e. The van der Waals surface area contributed by atoms with Crippen LogP contribution in [0.4, 0.5) is 0 Å². The van der Waals surface area contributed by atoms with E-state index in [1.165, 1.54) is 0 Å². The zero-order chi connectivity index (χ0) is 15.7. The Balaban J connectivity index is 2.04. The van der Waals surface area contributed by atoms with Crippen molar-refractivity contribution in [1.82, 2.24) is 0 Å². The van der Waals surface area contributed by atoms with Crippen LogP contribution in [0.1, 0.15) is 37.3 Å². The smallest absolute Gasteiger partial charge is 0.344 e.